The summed E-state index contributed by atoms with van der Waals surface area (Å²) in [5.74, 6) is 0.0278. The van der Waals surface area contributed by atoms with Crippen molar-refractivity contribution in [3.8, 4) is 0 Å². The summed E-state index contributed by atoms with van der Waals surface area (Å²) >= 11 is 0. The Morgan fingerprint density at radius 3 is 2.27 bits per heavy atom. The molecule has 0 amide bonds. The highest BCUT2D eigenvalue weighted by Gasteiger charge is 2.19. The van der Waals surface area contributed by atoms with Crippen molar-refractivity contribution in [3.05, 3.63) is 12.7 Å². The molecule has 0 bridgehead atoms. The van der Waals surface area contributed by atoms with Crippen LogP contribution in [-0.4, -0.2) is 22.4 Å². The predicted octanol–water partition coefficient (Wildman–Crippen LogP) is 1.33. The molecular weight excluding hydrogens is 140 g/mol. The van der Waals surface area contributed by atoms with Gasteiger partial charge >= 0.3 is 0 Å². The maximum absolute atomic E-state index is 9.40. The molecular formula is C9H18O2. The first-order valence-corrected chi connectivity index (χ1v) is 4.12. The maximum atomic E-state index is 9.40. The molecule has 0 saturated carbocycles. The smallest absolute Gasteiger partial charge is 0.0858 e. The van der Waals surface area contributed by atoms with Crippen molar-refractivity contribution >= 4 is 0 Å². The van der Waals surface area contributed by atoms with Crippen molar-refractivity contribution in [1.82, 2.24) is 0 Å². The molecule has 0 aromatic carbocycles. The van der Waals surface area contributed by atoms with Crippen molar-refractivity contribution in [3.63, 3.8) is 0 Å². The summed E-state index contributed by atoms with van der Waals surface area (Å²) in [6, 6.07) is 0. The van der Waals surface area contributed by atoms with Crippen LogP contribution in [0.2, 0.25) is 0 Å². The summed E-state index contributed by atoms with van der Waals surface area (Å²) in [4.78, 5) is 0. The number of aliphatic hydroxyl groups is 2. The lowest BCUT2D eigenvalue weighted by molar-refractivity contribution is 0.00339. The minimum Gasteiger partial charge on any atom is -0.391 e. The second-order valence-corrected chi connectivity index (χ2v) is 2.92. The first kappa shape index (κ1) is 10.7. The Hall–Kier alpha value is -0.340. The van der Waals surface area contributed by atoms with Crippen LogP contribution in [0.1, 0.15) is 26.7 Å². The Labute approximate surface area is 68.6 Å². The summed E-state index contributed by atoms with van der Waals surface area (Å²) in [7, 11) is 0. The van der Waals surface area contributed by atoms with E-state index < -0.39 is 12.2 Å². The van der Waals surface area contributed by atoms with Crippen LogP contribution in [-0.2, 0) is 0 Å². The number of hydrogen-bond donors (Lipinski definition) is 2. The molecule has 0 rings (SSSR count). The SMILES string of the molecule is C=CC(CCC)[C@H](O)C(C)O. The van der Waals surface area contributed by atoms with E-state index in [0.717, 1.165) is 12.8 Å². The molecule has 3 atom stereocenters. The van der Waals surface area contributed by atoms with E-state index in [1.807, 2.05) is 6.92 Å². The lowest BCUT2D eigenvalue weighted by atomic mass is 9.94. The number of rotatable bonds is 5. The van der Waals surface area contributed by atoms with Crippen LogP contribution in [0.3, 0.4) is 0 Å². The Morgan fingerprint density at radius 1 is 1.45 bits per heavy atom. The highest BCUT2D eigenvalue weighted by Crippen LogP contribution is 2.15. The molecule has 66 valence electrons. The zero-order chi connectivity index (χ0) is 8.85. The van der Waals surface area contributed by atoms with Gasteiger partial charge < -0.3 is 10.2 Å². The van der Waals surface area contributed by atoms with Crippen molar-refractivity contribution in [2.24, 2.45) is 5.92 Å². The third-order valence-electron chi connectivity index (χ3n) is 1.86. The summed E-state index contributed by atoms with van der Waals surface area (Å²) in [5, 5.41) is 18.4. The molecule has 0 aliphatic carbocycles. The van der Waals surface area contributed by atoms with E-state index in [4.69, 9.17) is 5.11 Å². The zero-order valence-corrected chi connectivity index (χ0v) is 7.33. The molecule has 0 spiro atoms. The van der Waals surface area contributed by atoms with Crippen LogP contribution in [0.5, 0.6) is 0 Å². The van der Waals surface area contributed by atoms with Crippen molar-refractivity contribution in [2.75, 3.05) is 0 Å². The van der Waals surface area contributed by atoms with Crippen LogP contribution in [0.15, 0.2) is 12.7 Å². The van der Waals surface area contributed by atoms with Crippen LogP contribution < -0.4 is 0 Å². The fourth-order valence-corrected chi connectivity index (χ4v) is 1.12. The van der Waals surface area contributed by atoms with Crippen LogP contribution in [0.25, 0.3) is 0 Å². The first-order chi connectivity index (χ1) is 5.13. The van der Waals surface area contributed by atoms with Gasteiger partial charge in [0.15, 0.2) is 0 Å². The highest BCUT2D eigenvalue weighted by atomic mass is 16.3. The minimum absolute atomic E-state index is 0.0278. The summed E-state index contributed by atoms with van der Waals surface area (Å²) in [5.41, 5.74) is 0. The number of aliphatic hydroxyl groups excluding tert-OH is 2. The van der Waals surface area contributed by atoms with Gasteiger partial charge in [0.2, 0.25) is 0 Å². The normalized spacial score (nSPS) is 18.9. The van der Waals surface area contributed by atoms with Crippen LogP contribution in [0.4, 0.5) is 0 Å². The molecule has 0 aromatic heterocycles. The van der Waals surface area contributed by atoms with Gasteiger partial charge in [0, 0.05) is 5.92 Å². The topological polar surface area (TPSA) is 40.5 Å². The molecule has 0 aliphatic heterocycles. The third kappa shape index (κ3) is 3.54. The molecule has 2 nitrogen and oxygen atoms in total. The quantitative estimate of drug-likeness (QED) is 0.593. The molecule has 0 aliphatic rings. The molecule has 0 fully saturated rings. The molecule has 0 radical (unpaired) electrons. The molecule has 0 heterocycles. The predicted molar refractivity (Wildman–Crippen MR) is 46.3 cm³/mol. The molecule has 2 heteroatoms. The Morgan fingerprint density at radius 2 is 2.00 bits per heavy atom. The second-order valence-electron chi connectivity index (χ2n) is 2.92. The van der Waals surface area contributed by atoms with Gasteiger partial charge in [-0.3, -0.25) is 0 Å². The average molecular weight is 158 g/mol. The Bertz CT molecular complexity index is 110. The Balaban J connectivity index is 3.90. The van der Waals surface area contributed by atoms with E-state index in [2.05, 4.69) is 6.58 Å². The summed E-state index contributed by atoms with van der Waals surface area (Å²) in [6.07, 6.45) is 2.27. The van der Waals surface area contributed by atoms with Gasteiger partial charge in [-0.25, -0.2) is 0 Å². The van der Waals surface area contributed by atoms with E-state index in [-0.39, 0.29) is 5.92 Å². The zero-order valence-electron chi connectivity index (χ0n) is 7.33. The average Bonchev–Trinajstić information content (AvgIpc) is 1.98. The van der Waals surface area contributed by atoms with Gasteiger partial charge in [0.05, 0.1) is 12.2 Å². The van der Waals surface area contributed by atoms with Crippen molar-refractivity contribution < 1.29 is 10.2 Å². The molecule has 2 N–H and O–H groups in total. The van der Waals surface area contributed by atoms with Gasteiger partial charge in [-0.1, -0.05) is 19.4 Å². The summed E-state index contributed by atoms with van der Waals surface area (Å²) in [6.45, 7) is 7.25. The Kier molecular flexibility index (Phi) is 5.16. The number of hydrogen-bond acceptors (Lipinski definition) is 2. The van der Waals surface area contributed by atoms with Crippen molar-refractivity contribution in [2.45, 2.75) is 38.9 Å². The monoisotopic (exact) mass is 158 g/mol. The standard InChI is InChI=1S/C9H18O2/c1-4-6-8(5-2)9(11)7(3)10/h5,7-11H,2,4,6H2,1,3H3/t7?,8?,9-/m1/s1. The van der Waals surface area contributed by atoms with Gasteiger partial charge in [0.1, 0.15) is 0 Å². The van der Waals surface area contributed by atoms with Gasteiger partial charge in [-0.2, -0.15) is 0 Å². The molecule has 0 saturated heterocycles. The first-order valence-electron chi connectivity index (χ1n) is 4.12. The second kappa shape index (κ2) is 5.33. The van der Waals surface area contributed by atoms with E-state index in [9.17, 15) is 5.11 Å². The van der Waals surface area contributed by atoms with E-state index in [0.29, 0.717) is 0 Å². The van der Waals surface area contributed by atoms with Crippen molar-refractivity contribution in [1.29, 1.82) is 0 Å². The van der Waals surface area contributed by atoms with Crippen LogP contribution in [0, 0.1) is 5.92 Å². The van der Waals surface area contributed by atoms with E-state index in [1.165, 1.54) is 0 Å². The third-order valence-corrected chi connectivity index (χ3v) is 1.86. The lowest BCUT2D eigenvalue weighted by Gasteiger charge is -2.21. The maximum Gasteiger partial charge on any atom is 0.0858 e. The molecule has 11 heavy (non-hydrogen) atoms. The van der Waals surface area contributed by atoms with Crippen LogP contribution >= 0.6 is 0 Å². The highest BCUT2D eigenvalue weighted by molar-refractivity contribution is 4.86. The molecule has 0 aromatic rings. The van der Waals surface area contributed by atoms with Gasteiger partial charge in [-0.15, -0.1) is 6.58 Å². The molecule has 2 unspecified atom stereocenters. The van der Waals surface area contributed by atoms with Gasteiger partial charge in [0.25, 0.3) is 0 Å². The van der Waals surface area contributed by atoms with E-state index >= 15 is 0 Å². The fraction of sp³-hybridized carbons (Fsp3) is 0.778. The van der Waals surface area contributed by atoms with E-state index in [1.54, 1.807) is 13.0 Å². The lowest BCUT2D eigenvalue weighted by Crippen LogP contribution is -2.30. The van der Waals surface area contributed by atoms with Gasteiger partial charge in [-0.05, 0) is 13.3 Å². The fourth-order valence-electron chi connectivity index (χ4n) is 1.12. The minimum atomic E-state index is -0.662. The summed E-state index contributed by atoms with van der Waals surface area (Å²) < 4.78 is 0. The largest absolute Gasteiger partial charge is 0.391 e.